The molecule has 2 aromatic carbocycles. The van der Waals surface area contributed by atoms with E-state index in [-0.39, 0.29) is 5.63 Å². The van der Waals surface area contributed by atoms with Gasteiger partial charge in [-0.25, -0.2) is 4.79 Å². The third-order valence-corrected chi connectivity index (χ3v) is 5.68. The predicted octanol–water partition coefficient (Wildman–Crippen LogP) is 5.71. The number of rotatable bonds is 4. The Labute approximate surface area is 173 Å². The second-order valence-corrected chi connectivity index (χ2v) is 8.05. The number of nitrogens with zero attached hydrogens (tertiary/aromatic N) is 1. The van der Waals surface area contributed by atoms with Crippen molar-refractivity contribution in [3.8, 4) is 5.75 Å². The van der Waals surface area contributed by atoms with Crippen molar-refractivity contribution in [2.75, 3.05) is 6.73 Å². The summed E-state index contributed by atoms with van der Waals surface area (Å²) in [7, 11) is 0. The predicted molar refractivity (Wildman–Crippen MR) is 112 cm³/mol. The van der Waals surface area contributed by atoms with E-state index in [1.807, 2.05) is 19.1 Å². The molecular formula is C22H21Cl2NO3. The number of halogens is 2. The fourth-order valence-electron chi connectivity index (χ4n) is 3.80. The van der Waals surface area contributed by atoms with E-state index in [0.29, 0.717) is 28.9 Å². The first kappa shape index (κ1) is 19.3. The Morgan fingerprint density at radius 3 is 2.71 bits per heavy atom. The van der Waals surface area contributed by atoms with Crippen molar-refractivity contribution in [1.29, 1.82) is 0 Å². The summed E-state index contributed by atoms with van der Waals surface area (Å²) in [6, 6.07) is 9.25. The maximum atomic E-state index is 12.0. The lowest BCUT2D eigenvalue weighted by Gasteiger charge is -2.30. The van der Waals surface area contributed by atoms with Gasteiger partial charge in [-0.2, -0.15) is 0 Å². The molecule has 0 fully saturated rings. The zero-order valence-electron chi connectivity index (χ0n) is 15.9. The van der Waals surface area contributed by atoms with Crippen LogP contribution >= 0.6 is 23.2 Å². The number of hydrogen-bond acceptors (Lipinski definition) is 4. The van der Waals surface area contributed by atoms with Crippen molar-refractivity contribution < 1.29 is 9.15 Å². The molecule has 0 unspecified atom stereocenters. The van der Waals surface area contributed by atoms with Gasteiger partial charge in [0.05, 0.1) is 0 Å². The van der Waals surface area contributed by atoms with Crippen molar-refractivity contribution in [3.63, 3.8) is 0 Å². The molecule has 4 rings (SSSR count). The Morgan fingerprint density at radius 2 is 1.96 bits per heavy atom. The summed E-state index contributed by atoms with van der Waals surface area (Å²) in [5.41, 5.74) is 4.32. The molecule has 0 aliphatic carbocycles. The largest absolute Gasteiger partial charge is 0.477 e. The first-order valence-electron chi connectivity index (χ1n) is 9.34. The van der Waals surface area contributed by atoms with Crippen LogP contribution < -0.4 is 10.4 Å². The lowest BCUT2D eigenvalue weighted by Crippen LogP contribution is -2.32. The van der Waals surface area contributed by atoms with Gasteiger partial charge in [0.2, 0.25) is 0 Å². The normalized spacial score (nSPS) is 14.1. The van der Waals surface area contributed by atoms with E-state index in [1.54, 1.807) is 12.1 Å². The Bertz CT molecular complexity index is 1110. The standard InChI is InChI=1S/C22H21Cl2NO3/c1-3-4-14-8-20(26)28-22-13(2)21-16(7-18(14)22)11-25(12-27-21)10-15-5-6-17(23)9-19(15)24/h5-9H,3-4,10-12H2,1-2H3. The van der Waals surface area contributed by atoms with Gasteiger partial charge in [0, 0.05) is 45.7 Å². The number of aryl methyl sites for hydroxylation is 2. The van der Waals surface area contributed by atoms with Crippen molar-refractivity contribution in [3.05, 3.63) is 73.1 Å². The lowest BCUT2D eigenvalue weighted by molar-refractivity contribution is 0.0881. The highest BCUT2D eigenvalue weighted by Gasteiger charge is 2.23. The molecule has 3 aromatic rings. The van der Waals surface area contributed by atoms with Gasteiger partial charge >= 0.3 is 5.63 Å². The maximum absolute atomic E-state index is 12.0. The fourth-order valence-corrected chi connectivity index (χ4v) is 4.27. The molecule has 0 saturated heterocycles. The zero-order chi connectivity index (χ0) is 19.8. The van der Waals surface area contributed by atoms with Crippen LogP contribution in [0.2, 0.25) is 10.0 Å². The van der Waals surface area contributed by atoms with Gasteiger partial charge in [0.1, 0.15) is 18.1 Å². The molecule has 0 radical (unpaired) electrons. The van der Waals surface area contributed by atoms with Crippen molar-refractivity contribution in [2.45, 2.75) is 39.8 Å². The Hall–Kier alpha value is -2.01. The van der Waals surface area contributed by atoms with Crippen LogP contribution in [0.25, 0.3) is 11.0 Å². The minimum Gasteiger partial charge on any atom is -0.477 e. The van der Waals surface area contributed by atoms with E-state index >= 15 is 0 Å². The molecule has 1 aromatic heterocycles. The van der Waals surface area contributed by atoms with E-state index in [1.165, 1.54) is 0 Å². The third-order valence-electron chi connectivity index (χ3n) is 5.09. The van der Waals surface area contributed by atoms with E-state index in [9.17, 15) is 4.79 Å². The molecule has 4 nitrogen and oxygen atoms in total. The van der Waals surface area contributed by atoms with Gasteiger partial charge in [-0.3, -0.25) is 4.90 Å². The van der Waals surface area contributed by atoms with Gasteiger partial charge in [-0.15, -0.1) is 0 Å². The smallest absolute Gasteiger partial charge is 0.336 e. The fraction of sp³-hybridized carbons (Fsp3) is 0.318. The minimum absolute atomic E-state index is 0.311. The van der Waals surface area contributed by atoms with Crippen LogP contribution in [-0.2, 0) is 19.5 Å². The zero-order valence-corrected chi connectivity index (χ0v) is 17.4. The van der Waals surface area contributed by atoms with E-state index in [0.717, 1.165) is 52.8 Å². The molecule has 0 atom stereocenters. The molecule has 0 amide bonds. The number of fused-ring (bicyclic) bond motifs is 2. The second-order valence-electron chi connectivity index (χ2n) is 7.20. The average Bonchev–Trinajstić information content (AvgIpc) is 2.65. The molecule has 1 aliphatic rings. The summed E-state index contributed by atoms with van der Waals surface area (Å²) in [5, 5.41) is 2.27. The van der Waals surface area contributed by atoms with Crippen LogP contribution in [0.1, 0.15) is 35.6 Å². The number of ether oxygens (including phenoxy) is 1. The van der Waals surface area contributed by atoms with Crippen LogP contribution in [0.3, 0.4) is 0 Å². The molecule has 28 heavy (non-hydrogen) atoms. The topological polar surface area (TPSA) is 42.7 Å². The minimum atomic E-state index is -0.311. The molecule has 6 heteroatoms. The lowest BCUT2D eigenvalue weighted by atomic mass is 9.98. The highest BCUT2D eigenvalue weighted by atomic mass is 35.5. The van der Waals surface area contributed by atoms with Gasteiger partial charge in [-0.05, 0) is 42.7 Å². The first-order valence-corrected chi connectivity index (χ1v) is 10.1. The summed E-state index contributed by atoms with van der Waals surface area (Å²) < 4.78 is 11.6. The quantitative estimate of drug-likeness (QED) is 0.509. The SMILES string of the molecule is CCCc1cc(=O)oc2c(C)c3c(cc12)CN(Cc1ccc(Cl)cc1Cl)CO3. The molecule has 0 N–H and O–H groups in total. The van der Waals surface area contributed by atoms with Crippen LogP contribution in [0, 0.1) is 6.92 Å². The number of benzene rings is 2. The third kappa shape index (κ3) is 3.64. The van der Waals surface area contributed by atoms with E-state index < -0.39 is 0 Å². The van der Waals surface area contributed by atoms with Gasteiger partial charge in [0.25, 0.3) is 0 Å². The molecule has 0 saturated carbocycles. The first-order chi connectivity index (χ1) is 13.5. The summed E-state index contributed by atoms with van der Waals surface area (Å²) in [6.07, 6.45) is 1.80. The van der Waals surface area contributed by atoms with Crippen molar-refractivity contribution >= 4 is 34.2 Å². The van der Waals surface area contributed by atoms with Gasteiger partial charge < -0.3 is 9.15 Å². The number of hydrogen-bond donors (Lipinski definition) is 0. The molecule has 0 bridgehead atoms. The summed E-state index contributed by atoms with van der Waals surface area (Å²) in [4.78, 5) is 14.2. The summed E-state index contributed by atoms with van der Waals surface area (Å²) >= 11 is 12.3. The Balaban J connectivity index is 1.70. The molecule has 2 heterocycles. The monoisotopic (exact) mass is 417 g/mol. The molecule has 146 valence electrons. The average molecular weight is 418 g/mol. The summed E-state index contributed by atoms with van der Waals surface area (Å²) in [6.45, 7) is 5.89. The molecule has 0 spiro atoms. The van der Waals surface area contributed by atoms with Crippen molar-refractivity contribution in [2.24, 2.45) is 0 Å². The Kier molecular flexibility index (Phi) is 5.37. The highest BCUT2D eigenvalue weighted by molar-refractivity contribution is 6.35. The van der Waals surface area contributed by atoms with Crippen LogP contribution in [0.15, 0.2) is 39.5 Å². The van der Waals surface area contributed by atoms with Crippen LogP contribution in [0.5, 0.6) is 5.75 Å². The second kappa shape index (κ2) is 7.78. The van der Waals surface area contributed by atoms with Crippen LogP contribution in [0.4, 0.5) is 0 Å². The van der Waals surface area contributed by atoms with E-state index in [4.69, 9.17) is 32.4 Å². The maximum Gasteiger partial charge on any atom is 0.336 e. The van der Waals surface area contributed by atoms with E-state index in [2.05, 4.69) is 17.9 Å². The Morgan fingerprint density at radius 1 is 1.14 bits per heavy atom. The van der Waals surface area contributed by atoms with Crippen LogP contribution in [-0.4, -0.2) is 11.6 Å². The molecule has 1 aliphatic heterocycles. The summed E-state index contributed by atoms with van der Waals surface area (Å²) in [5.74, 6) is 0.808. The molecular weight excluding hydrogens is 397 g/mol. The highest BCUT2D eigenvalue weighted by Crippen LogP contribution is 2.36. The van der Waals surface area contributed by atoms with Gasteiger partial charge in [0.15, 0.2) is 0 Å². The van der Waals surface area contributed by atoms with Gasteiger partial charge in [-0.1, -0.05) is 42.6 Å². The van der Waals surface area contributed by atoms with Crippen molar-refractivity contribution in [1.82, 2.24) is 4.90 Å².